The van der Waals surface area contributed by atoms with Crippen LogP contribution in [0.15, 0.2) is 53.6 Å². The zero-order valence-corrected chi connectivity index (χ0v) is 18.0. The van der Waals surface area contributed by atoms with Crippen molar-refractivity contribution >= 4 is 20.4 Å². The smallest absolute Gasteiger partial charge is 0.331 e. The van der Waals surface area contributed by atoms with Gasteiger partial charge in [-0.1, -0.05) is 29.4 Å². The van der Waals surface area contributed by atoms with Gasteiger partial charge in [0, 0.05) is 6.08 Å². The van der Waals surface area contributed by atoms with Crippen molar-refractivity contribution < 1.29 is 14.0 Å². The van der Waals surface area contributed by atoms with E-state index >= 15 is 0 Å². The van der Waals surface area contributed by atoms with Crippen LogP contribution in [0, 0.1) is 0 Å². The van der Waals surface area contributed by atoms with Gasteiger partial charge in [0.25, 0.3) is 0 Å². The van der Waals surface area contributed by atoms with Crippen molar-refractivity contribution in [2.75, 3.05) is 6.61 Å². The highest BCUT2D eigenvalue weighted by atomic mass is 28.4. The Hall–Kier alpha value is -2.07. The molecule has 0 aliphatic heterocycles. The highest BCUT2D eigenvalue weighted by molar-refractivity contribution is 6.70. The molecular weight excluding hydrogens is 340 g/mol. The van der Waals surface area contributed by atoms with Crippen molar-refractivity contribution in [3.63, 3.8) is 0 Å². The quantitative estimate of drug-likeness (QED) is 0.226. The van der Waals surface area contributed by atoms with Crippen molar-refractivity contribution in [2.45, 2.75) is 53.3 Å². The van der Waals surface area contributed by atoms with Crippen molar-refractivity contribution in [2.24, 2.45) is 0 Å². The first kappa shape index (κ1) is 22.0. The molecule has 0 saturated carbocycles. The fraction of sp³-hybridized carbons (Fsp3) is 0.409. The van der Waals surface area contributed by atoms with E-state index in [1.807, 2.05) is 30.3 Å². The van der Waals surface area contributed by atoms with Gasteiger partial charge in [0.05, 0.1) is 0 Å². The van der Waals surface area contributed by atoms with Crippen LogP contribution in [0.5, 0.6) is 5.75 Å². The van der Waals surface area contributed by atoms with Crippen LogP contribution >= 0.6 is 0 Å². The summed E-state index contributed by atoms with van der Waals surface area (Å²) in [6.45, 7) is 13.0. The number of allylic oxidation sites excluding steroid dienone is 3. The Morgan fingerprint density at radius 1 is 1.04 bits per heavy atom. The lowest BCUT2D eigenvalue weighted by atomic mass is 10.1. The maximum atomic E-state index is 11.8. The summed E-state index contributed by atoms with van der Waals surface area (Å²) >= 11 is 0. The molecule has 0 aromatic heterocycles. The molecule has 4 heteroatoms. The fourth-order valence-corrected chi connectivity index (χ4v) is 3.01. The normalized spacial score (nSPS) is 12.2. The Labute approximate surface area is 159 Å². The summed E-state index contributed by atoms with van der Waals surface area (Å²) in [6, 6.07) is 7.74. The molecule has 1 aromatic rings. The molecule has 0 atom stereocenters. The van der Waals surface area contributed by atoms with Crippen LogP contribution in [0.1, 0.15) is 39.2 Å². The SMILES string of the molecule is CC(C)=CCC/C(C)=C\COC(=O)/C=C/c1ccc(O[Si](C)(C)C)cc1. The third kappa shape index (κ3) is 10.7. The second-order valence-electron chi connectivity index (χ2n) is 7.62. The van der Waals surface area contributed by atoms with Gasteiger partial charge in [-0.3, -0.25) is 0 Å². The second-order valence-corrected chi connectivity index (χ2v) is 12.0. The molecule has 0 aliphatic rings. The first-order valence-corrected chi connectivity index (χ1v) is 12.5. The average Bonchev–Trinajstić information content (AvgIpc) is 2.52. The fourth-order valence-electron chi connectivity index (χ4n) is 2.17. The zero-order valence-electron chi connectivity index (χ0n) is 17.0. The Morgan fingerprint density at radius 3 is 2.27 bits per heavy atom. The minimum absolute atomic E-state index is 0.312. The number of carbonyl (C=O) groups is 1. The van der Waals surface area contributed by atoms with Crippen LogP contribution in [0.4, 0.5) is 0 Å². The molecule has 0 unspecified atom stereocenters. The molecule has 0 fully saturated rings. The molecule has 26 heavy (non-hydrogen) atoms. The molecule has 3 nitrogen and oxygen atoms in total. The Morgan fingerprint density at radius 2 is 1.69 bits per heavy atom. The average molecular weight is 373 g/mol. The van der Waals surface area contributed by atoms with Gasteiger partial charge in [-0.25, -0.2) is 4.79 Å². The van der Waals surface area contributed by atoms with Gasteiger partial charge in [-0.05, 0) is 83.1 Å². The van der Waals surface area contributed by atoms with Gasteiger partial charge in [-0.15, -0.1) is 0 Å². The van der Waals surface area contributed by atoms with Gasteiger partial charge < -0.3 is 9.16 Å². The first-order chi connectivity index (χ1) is 12.2. The van der Waals surface area contributed by atoms with Gasteiger partial charge in [0.15, 0.2) is 0 Å². The molecule has 0 amide bonds. The van der Waals surface area contributed by atoms with E-state index in [4.69, 9.17) is 9.16 Å². The molecule has 1 rings (SSSR count). The molecule has 1 aromatic carbocycles. The summed E-state index contributed by atoms with van der Waals surface area (Å²) in [7, 11) is -1.59. The number of hydrogen-bond acceptors (Lipinski definition) is 3. The van der Waals surface area contributed by atoms with Crippen molar-refractivity contribution in [1.82, 2.24) is 0 Å². The summed E-state index contributed by atoms with van der Waals surface area (Å²) < 4.78 is 11.1. The van der Waals surface area contributed by atoms with Crippen molar-refractivity contribution in [3.8, 4) is 5.75 Å². The number of ether oxygens (including phenoxy) is 1. The van der Waals surface area contributed by atoms with Crippen LogP contribution in [0.2, 0.25) is 19.6 Å². The van der Waals surface area contributed by atoms with Crippen LogP contribution < -0.4 is 4.43 Å². The molecule has 0 spiro atoms. The molecule has 0 N–H and O–H groups in total. The van der Waals surface area contributed by atoms with Crippen molar-refractivity contribution in [1.29, 1.82) is 0 Å². The minimum Gasteiger partial charge on any atom is -0.544 e. The van der Waals surface area contributed by atoms with E-state index in [0.717, 1.165) is 24.2 Å². The van der Waals surface area contributed by atoms with E-state index in [1.165, 1.54) is 17.2 Å². The molecule has 142 valence electrons. The molecule has 0 saturated heterocycles. The molecule has 0 heterocycles. The number of carbonyl (C=O) groups excluding carboxylic acids is 1. The summed E-state index contributed by atoms with van der Waals surface area (Å²) in [5, 5.41) is 0. The summed E-state index contributed by atoms with van der Waals surface area (Å²) in [6.07, 6.45) is 9.41. The lowest BCUT2D eigenvalue weighted by Gasteiger charge is -2.18. The number of esters is 1. The van der Waals surface area contributed by atoms with E-state index < -0.39 is 8.32 Å². The summed E-state index contributed by atoms with van der Waals surface area (Å²) in [5.74, 6) is 0.540. The third-order valence-electron chi connectivity index (χ3n) is 3.46. The first-order valence-electron chi connectivity index (χ1n) is 9.08. The minimum atomic E-state index is -1.59. The molecular formula is C22H32O3Si. The maximum Gasteiger partial charge on any atom is 0.331 e. The van der Waals surface area contributed by atoms with E-state index in [2.05, 4.69) is 46.5 Å². The second kappa shape index (κ2) is 10.8. The summed E-state index contributed by atoms with van der Waals surface area (Å²) in [4.78, 5) is 11.8. The van der Waals surface area contributed by atoms with Gasteiger partial charge >= 0.3 is 5.97 Å². The van der Waals surface area contributed by atoms with Gasteiger partial charge in [0.1, 0.15) is 12.4 Å². The standard InChI is InChI=1S/C22H32O3Si/c1-18(2)8-7-9-19(3)16-17-24-22(23)15-12-20-10-13-21(14-11-20)25-26(4,5)6/h8,10-16H,7,9,17H2,1-6H3/b15-12+,19-16-. The topological polar surface area (TPSA) is 35.5 Å². The van der Waals surface area contributed by atoms with Crippen LogP contribution in [-0.2, 0) is 9.53 Å². The van der Waals surface area contributed by atoms with E-state index in [0.29, 0.717) is 6.61 Å². The van der Waals surface area contributed by atoms with E-state index in [1.54, 1.807) is 6.08 Å². The Kier molecular flexibility index (Phi) is 9.14. The van der Waals surface area contributed by atoms with Crippen LogP contribution in [-0.4, -0.2) is 20.9 Å². The lowest BCUT2D eigenvalue weighted by molar-refractivity contribution is -0.136. The van der Waals surface area contributed by atoms with Crippen LogP contribution in [0.25, 0.3) is 6.08 Å². The Balaban J connectivity index is 2.41. The van der Waals surface area contributed by atoms with Crippen LogP contribution in [0.3, 0.4) is 0 Å². The van der Waals surface area contributed by atoms with Gasteiger partial charge in [-0.2, -0.15) is 0 Å². The van der Waals surface area contributed by atoms with Gasteiger partial charge in [0.2, 0.25) is 8.32 Å². The summed E-state index contributed by atoms with van der Waals surface area (Å²) in [5.41, 5.74) is 3.50. The Bertz CT molecular complexity index is 658. The molecule has 0 radical (unpaired) electrons. The zero-order chi connectivity index (χ0) is 19.6. The predicted molar refractivity (Wildman–Crippen MR) is 113 cm³/mol. The predicted octanol–water partition coefficient (Wildman–Crippen LogP) is 6.15. The molecule has 0 bridgehead atoms. The maximum absolute atomic E-state index is 11.8. The largest absolute Gasteiger partial charge is 0.544 e. The number of rotatable bonds is 9. The molecule has 0 aliphatic carbocycles. The van der Waals surface area contributed by atoms with Crippen molar-refractivity contribution in [3.05, 3.63) is 59.2 Å². The van der Waals surface area contributed by atoms with E-state index in [-0.39, 0.29) is 5.97 Å². The third-order valence-corrected chi connectivity index (χ3v) is 4.31. The number of hydrogen-bond donors (Lipinski definition) is 0. The highest BCUT2D eigenvalue weighted by Gasteiger charge is 2.15. The monoisotopic (exact) mass is 372 g/mol. The number of benzene rings is 1. The lowest BCUT2D eigenvalue weighted by Crippen LogP contribution is -2.29. The van der Waals surface area contributed by atoms with E-state index in [9.17, 15) is 4.79 Å². The highest BCUT2D eigenvalue weighted by Crippen LogP contribution is 2.17.